The van der Waals surface area contributed by atoms with Gasteiger partial charge in [-0.3, -0.25) is 9.36 Å². The summed E-state index contributed by atoms with van der Waals surface area (Å²) in [6, 6.07) is 34.6. The molecule has 3 unspecified atom stereocenters. The van der Waals surface area contributed by atoms with Gasteiger partial charge in [0.1, 0.15) is 18.4 Å². The van der Waals surface area contributed by atoms with Crippen LogP contribution in [0.25, 0.3) is 0 Å². The van der Waals surface area contributed by atoms with Gasteiger partial charge in [-0.1, -0.05) is 121 Å². The molecule has 4 rings (SSSR count). The van der Waals surface area contributed by atoms with Gasteiger partial charge in [0.2, 0.25) is 13.3 Å². The number of nitrogens with one attached hydrogen (secondary N) is 2. The van der Waals surface area contributed by atoms with Crippen molar-refractivity contribution < 1.29 is 33.7 Å². The number of hydrogen-bond donors (Lipinski definition) is 4. The summed E-state index contributed by atoms with van der Waals surface area (Å²) in [7, 11) is -4.32. The maximum absolute atomic E-state index is 14.1. The average molecular weight is 629 g/mol. The third-order valence-electron chi connectivity index (χ3n) is 7.33. The SMILES string of the molecule is O=C(NC(Cc1ccccc1)P(=O)(O)CC(Cc1ccccc1)C(=O)N[C@@H](Cc1ccccc1)C(=O)O)OCc1ccccc1. The molecular weight excluding hydrogens is 591 g/mol. The van der Waals surface area contributed by atoms with Gasteiger partial charge in [-0.05, 0) is 28.7 Å². The van der Waals surface area contributed by atoms with Crippen molar-refractivity contribution in [3.63, 3.8) is 0 Å². The van der Waals surface area contributed by atoms with Crippen molar-refractivity contribution in [1.82, 2.24) is 10.6 Å². The zero-order chi connectivity index (χ0) is 32.1. The number of hydrogen-bond acceptors (Lipinski definition) is 5. The van der Waals surface area contributed by atoms with Gasteiger partial charge in [-0.25, -0.2) is 9.59 Å². The number of aliphatic carboxylic acids is 1. The van der Waals surface area contributed by atoms with E-state index in [1.165, 1.54) is 0 Å². The molecule has 0 radical (unpaired) electrons. The van der Waals surface area contributed by atoms with E-state index >= 15 is 0 Å². The van der Waals surface area contributed by atoms with Crippen molar-refractivity contribution in [3.8, 4) is 0 Å². The molecule has 0 bridgehead atoms. The minimum atomic E-state index is -4.32. The van der Waals surface area contributed by atoms with Crippen LogP contribution >= 0.6 is 7.37 Å². The van der Waals surface area contributed by atoms with E-state index in [-0.39, 0.29) is 25.9 Å². The van der Waals surface area contributed by atoms with Crippen LogP contribution in [0.15, 0.2) is 121 Å². The third kappa shape index (κ3) is 10.7. The van der Waals surface area contributed by atoms with Gasteiger partial charge in [0, 0.05) is 19.0 Å². The molecule has 0 aliphatic heterocycles. The van der Waals surface area contributed by atoms with E-state index in [1.54, 1.807) is 84.9 Å². The fourth-order valence-corrected chi connectivity index (χ4v) is 6.94. The van der Waals surface area contributed by atoms with Gasteiger partial charge in [-0.15, -0.1) is 0 Å². The molecule has 0 saturated heterocycles. The highest BCUT2D eigenvalue weighted by atomic mass is 31.2. The summed E-state index contributed by atoms with van der Waals surface area (Å²) in [6.07, 6.45) is -1.22. The van der Waals surface area contributed by atoms with Gasteiger partial charge in [-0.2, -0.15) is 0 Å². The Balaban J connectivity index is 1.56. The molecule has 0 aliphatic rings. The Bertz CT molecular complexity index is 1570. The number of carbonyl (C=O) groups is 3. The van der Waals surface area contributed by atoms with Crippen LogP contribution in [0.3, 0.4) is 0 Å². The van der Waals surface area contributed by atoms with Crippen LogP contribution in [0.1, 0.15) is 22.3 Å². The molecule has 4 N–H and O–H groups in total. The summed E-state index contributed by atoms with van der Waals surface area (Å²) in [6.45, 7) is -0.0303. The van der Waals surface area contributed by atoms with E-state index in [4.69, 9.17) is 4.74 Å². The van der Waals surface area contributed by atoms with Crippen LogP contribution in [0, 0.1) is 5.92 Å². The molecule has 4 atom stereocenters. The molecule has 0 fully saturated rings. The van der Waals surface area contributed by atoms with Crippen LogP contribution in [-0.4, -0.2) is 46.0 Å². The van der Waals surface area contributed by atoms with E-state index < -0.39 is 49.2 Å². The normalized spacial score (nSPS) is 14.2. The second-order valence-electron chi connectivity index (χ2n) is 10.8. The highest BCUT2D eigenvalue weighted by Crippen LogP contribution is 2.48. The van der Waals surface area contributed by atoms with E-state index in [0.717, 1.165) is 16.7 Å². The first-order valence-corrected chi connectivity index (χ1v) is 16.5. The summed E-state index contributed by atoms with van der Waals surface area (Å²) in [5, 5.41) is 15.1. The van der Waals surface area contributed by atoms with Crippen LogP contribution in [0.5, 0.6) is 0 Å². The van der Waals surface area contributed by atoms with Crippen LogP contribution < -0.4 is 10.6 Å². The summed E-state index contributed by atoms with van der Waals surface area (Å²) in [4.78, 5) is 50.2. The maximum atomic E-state index is 14.1. The second-order valence-corrected chi connectivity index (χ2v) is 13.3. The van der Waals surface area contributed by atoms with Crippen molar-refractivity contribution in [3.05, 3.63) is 144 Å². The Morgan fingerprint density at radius 2 is 1.09 bits per heavy atom. The lowest BCUT2D eigenvalue weighted by molar-refractivity contribution is -0.142. The number of carbonyl (C=O) groups excluding carboxylic acids is 2. The second kappa shape index (κ2) is 16.4. The maximum Gasteiger partial charge on any atom is 0.408 e. The molecule has 0 aromatic heterocycles. The largest absolute Gasteiger partial charge is 0.480 e. The van der Waals surface area contributed by atoms with E-state index in [9.17, 15) is 28.9 Å². The highest BCUT2D eigenvalue weighted by molar-refractivity contribution is 7.58. The summed E-state index contributed by atoms with van der Waals surface area (Å²) < 4.78 is 19.5. The fourth-order valence-electron chi connectivity index (χ4n) is 4.95. The molecule has 9 nitrogen and oxygen atoms in total. The zero-order valence-corrected chi connectivity index (χ0v) is 25.6. The molecular formula is C35H37N2O7P. The molecule has 0 heterocycles. The standard InChI is InChI=1S/C35H37N2O7P/c38-33(36-31(34(39)40)22-27-15-7-2-8-16-27)30(21-26-13-5-1-6-14-26)25-45(42,43)32(23-28-17-9-3-10-18-28)37-35(41)44-24-29-19-11-4-12-20-29/h1-20,30-32H,21-25H2,(H,36,38)(H,37,41)(H,39,40)(H,42,43)/t30?,31-,32?/m0/s1. The van der Waals surface area contributed by atoms with Crippen LogP contribution in [-0.2, 0) is 44.8 Å². The Morgan fingerprint density at radius 3 is 1.58 bits per heavy atom. The summed E-state index contributed by atoms with van der Waals surface area (Å²) >= 11 is 0. The predicted octanol–water partition coefficient (Wildman–Crippen LogP) is 5.42. The molecule has 4 aromatic carbocycles. The van der Waals surface area contributed by atoms with E-state index in [0.29, 0.717) is 5.56 Å². The molecule has 45 heavy (non-hydrogen) atoms. The lowest BCUT2D eigenvalue weighted by Gasteiger charge is -2.28. The lowest BCUT2D eigenvalue weighted by Crippen LogP contribution is -2.46. The van der Waals surface area contributed by atoms with Crippen molar-refractivity contribution in [2.24, 2.45) is 5.92 Å². The number of amides is 2. The minimum Gasteiger partial charge on any atom is -0.480 e. The van der Waals surface area contributed by atoms with Gasteiger partial charge < -0.3 is 25.4 Å². The summed E-state index contributed by atoms with van der Waals surface area (Å²) in [5.41, 5.74) is 2.92. The van der Waals surface area contributed by atoms with Crippen LogP contribution in [0.2, 0.25) is 0 Å². The number of rotatable bonds is 15. The van der Waals surface area contributed by atoms with E-state index in [2.05, 4.69) is 10.6 Å². The Hall–Kier alpha value is -4.72. The number of carboxylic acids is 1. The quantitative estimate of drug-likeness (QED) is 0.129. The molecule has 10 heteroatoms. The molecule has 0 aliphatic carbocycles. The molecule has 234 valence electrons. The van der Waals surface area contributed by atoms with Gasteiger partial charge in [0.05, 0.1) is 5.92 Å². The Labute approximate surface area is 262 Å². The predicted molar refractivity (Wildman–Crippen MR) is 172 cm³/mol. The molecule has 4 aromatic rings. The average Bonchev–Trinajstić information content (AvgIpc) is 3.04. The van der Waals surface area contributed by atoms with Crippen molar-refractivity contribution >= 4 is 25.3 Å². The summed E-state index contributed by atoms with van der Waals surface area (Å²) in [5.74, 6) is -4.22. The minimum absolute atomic E-state index is 0.0144. The molecule has 2 amide bonds. The fraction of sp³-hybridized carbons (Fsp3) is 0.229. The Kier molecular flexibility index (Phi) is 12.1. The van der Waals surface area contributed by atoms with Crippen LogP contribution in [0.4, 0.5) is 4.79 Å². The van der Waals surface area contributed by atoms with Crippen molar-refractivity contribution in [2.75, 3.05) is 6.16 Å². The van der Waals surface area contributed by atoms with Gasteiger partial charge >= 0.3 is 12.1 Å². The number of alkyl carbamates (subject to hydrolysis) is 1. The van der Waals surface area contributed by atoms with Gasteiger partial charge in [0.25, 0.3) is 0 Å². The van der Waals surface area contributed by atoms with E-state index in [1.807, 2.05) is 36.4 Å². The molecule has 0 spiro atoms. The first-order chi connectivity index (χ1) is 21.7. The number of carboxylic acid groups (broad SMARTS) is 1. The molecule has 0 saturated carbocycles. The monoisotopic (exact) mass is 628 g/mol. The van der Waals surface area contributed by atoms with Crippen molar-refractivity contribution in [1.29, 1.82) is 0 Å². The van der Waals surface area contributed by atoms with Gasteiger partial charge in [0.15, 0.2) is 0 Å². The Morgan fingerprint density at radius 1 is 0.644 bits per heavy atom. The third-order valence-corrected chi connectivity index (χ3v) is 9.58. The number of benzene rings is 4. The topological polar surface area (TPSA) is 142 Å². The highest BCUT2D eigenvalue weighted by Gasteiger charge is 2.38. The first-order valence-electron chi connectivity index (χ1n) is 14.6. The lowest BCUT2D eigenvalue weighted by atomic mass is 9.99. The number of ether oxygens (including phenoxy) is 1. The first kappa shape index (κ1) is 33.2. The zero-order valence-electron chi connectivity index (χ0n) is 24.7. The van der Waals surface area contributed by atoms with Crippen molar-refractivity contribution in [2.45, 2.75) is 37.7 Å². The smallest absolute Gasteiger partial charge is 0.408 e.